The predicted octanol–water partition coefficient (Wildman–Crippen LogP) is 2.51. The van der Waals surface area contributed by atoms with Crippen LogP contribution in [0.4, 0.5) is 0 Å². The van der Waals surface area contributed by atoms with E-state index in [4.69, 9.17) is 4.74 Å². The van der Waals surface area contributed by atoms with Crippen LogP contribution in [0, 0.1) is 0 Å². The SMILES string of the molecule is CC(C)N1CCC(Oc2ccc3c(c2)cc2n3[C@H](CO)CN(C)C2=O)CC1. The van der Waals surface area contributed by atoms with Crippen molar-refractivity contribution < 1.29 is 14.6 Å². The number of rotatable bonds is 4. The van der Waals surface area contributed by atoms with Gasteiger partial charge in [0.25, 0.3) is 5.91 Å². The molecule has 1 aromatic heterocycles. The lowest BCUT2D eigenvalue weighted by atomic mass is 10.1. The van der Waals surface area contributed by atoms with Gasteiger partial charge in [0.05, 0.1) is 12.6 Å². The molecule has 1 atom stereocenters. The normalized spacial score (nSPS) is 21.9. The Bertz CT molecular complexity index is 837. The van der Waals surface area contributed by atoms with Gasteiger partial charge in [-0.25, -0.2) is 0 Å². The number of piperidine rings is 1. The van der Waals surface area contributed by atoms with E-state index in [0.29, 0.717) is 18.3 Å². The van der Waals surface area contributed by atoms with E-state index in [0.717, 1.165) is 42.6 Å². The van der Waals surface area contributed by atoms with Gasteiger partial charge in [-0.1, -0.05) is 0 Å². The van der Waals surface area contributed by atoms with Gasteiger partial charge in [-0.15, -0.1) is 0 Å². The lowest BCUT2D eigenvalue weighted by molar-refractivity contribution is 0.0684. The number of aromatic nitrogens is 1. The fourth-order valence-electron chi connectivity index (χ4n) is 4.36. The third-order valence-electron chi connectivity index (χ3n) is 5.95. The van der Waals surface area contributed by atoms with Gasteiger partial charge in [0.1, 0.15) is 17.5 Å². The highest BCUT2D eigenvalue weighted by Gasteiger charge is 2.30. The number of benzene rings is 1. The topological polar surface area (TPSA) is 57.9 Å². The number of nitrogens with zero attached hydrogens (tertiary/aromatic N) is 3. The number of hydrogen-bond acceptors (Lipinski definition) is 4. The van der Waals surface area contributed by atoms with Crippen LogP contribution in [-0.2, 0) is 0 Å². The summed E-state index contributed by atoms with van der Waals surface area (Å²) in [7, 11) is 1.78. The maximum atomic E-state index is 12.5. The third kappa shape index (κ3) is 3.32. The summed E-state index contributed by atoms with van der Waals surface area (Å²) in [6.07, 6.45) is 2.32. The highest BCUT2D eigenvalue weighted by atomic mass is 16.5. The van der Waals surface area contributed by atoms with Crippen LogP contribution in [-0.4, -0.2) is 70.8 Å². The number of aliphatic hydroxyl groups excluding tert-OH is 1. The van der Waals surface area contributed by atoms with E-state index in [2.05, 4.69) is 18.7 Å². The van der Waals surface area contributed by atoms with Crippen molar-refractivity contribution in [1.82, 2.24) is 14.4 Å². The smallest absolute Gasteiger partial charge is 0.270 e. The van der Waals surface area contributed by atoms with Gasteiger partial charge in [0.2, 0.25) is 0 Å². The van der Waals surface area contributed by atoms with Crippen LogP contribution in [0.25, 0.3) is 10.9 Å². The molecule has 3 heterocycles. The molecule has 1 N–H and O–H groups in total. The molecule has 1 fully saturated rings. The number of aliphatic hydroxyl groups is 1. The maximum absolute atomic E-state index is 12.5. The molecule has 1 aromatic carbocycles. The van der Waals surface area contributed by atoms with E-state index in [1.807, 2.05) is 28.8 Å². The van der Waals surface area contributed by atoms with Crippen LogP contribution >= 0.6 is 0 Å². The number of ether oxygens (including phenoxy) is 1. The van der Waals surface area contributed by atoms with Crippen molar-refractivity contribution in [3.05, 3.63) is 30.0 Å². The largest absolute Gasteiger partial charge is 0.490 e. The summed E-state index contributed by atoms with van der Waals surface area (Å²) in [5.74, 6) is 0.856. The molecule has 2 aromatic rings. The van der Waals surface area contributed by atoms with E-state index in [9.17, 15) is 9.90 Å². The Kier molecular flexibility index (Phi) is 4.86. The fourth-order valence-corrected chi connectivity index (χ4v) is 4.36. The summed E-state index contributed by atoms with van der Waals surface area (Å²) in [6, 6.07) is 8.43. The molecule has 0 unspecified atom stereocenters. The Morgan fingerprint density at radius 1 is 1.22 bits per heavy atom. The number of carbonyl (C=O) groups is 1. The summed E-state index contributed by atoms with van der Waals surface area (Å²) in [5.41, 5.74) is 1.62. The zero-order valence-electron chi connectivity index (χ0n) is 16.4. The van der Waals surface area contributed by atoms with Gasteiger partial charge in [-0.05, 0) is 51.0 Å². The van der Waals surface area contributed by atoms with E-state index >= 15 is 0 Å². The molecule has 0 spiro atoms. The monoisotopic (exact) mass is 371 g/mol. The lowest BCUT2D eigenvalue weighted by Gasteiger charge is -2.34. The number of hydrogen-bond donors (Lipinski definition) is 1. The molecule has 0 aliphatic carbocycles. The van der Waals surface area contributed by atoms with Crippen molar-refractivity contribution in [2.75, 3.05) is 33.3 Å². The summed E-state index contributed by atoms with van der Waals surface area (Å²) >= 11 is 0. The van der Waals surface area contributed by atoms with Crippen LogP contribution in [0.15, 0.2) is 24.3 Å². The fraction of sp³-hybridized carbons (Fsp3) is 0.571. The van der Waals surface area contributed by atoms with Crippen molar-refractivity contribution in [3.8, 4) is 5.75 Å². The molecule has 2 aliphatic heterocycles. The Hall–Kier alpha value is -2.05. The Balaban J connectivity index is 1.56. The van der Waals surface area contributed by atoms with Crippen LogP contribution < -0.4 is 4.74 Å². The second-order valence-corrected chi connectivity index (χ2v) is 8.09. The summed E-state index contributed by atoms with van der Waals surface area (Å²) in [4.78, 5) is 16.7. The Morgan fingerprint density at radius 2 is 1.96 bits per heavy atom. The van der Waals surface area contributed by atoms with Crippen molar-refractivity contribution >= 4 is 16.8 Å². The Morgan fingerprint density at radius 3 is 2.63 bits per heavy atom. The summed E-state index contributed by atoms with van der Waals surface area (Å²) in [5, 5.41) is 10.8. The first kappa shape index (κ1) is 18.3. The number of carbonyl (C=O) groups excluding carboxylic acids is 1. The second-order valence-electron chi connectivity index (χ2n) is 8.09. The summed E-state index contributed by atoms with van der Waals surface area (Å²) in [6.45, 7) is 7.17. The minimum atomic E-state index is -0.104. The second kappa shape index (κ2) is 7.17. The number of amides is 1. The molecule has 1 saturated heterocycles. The van der Waals surface area contributed by atoms with Crippen molar-refractivity contribution in [1.29, 1.82) is 0 Å². The standard InChI is InChI=1S/C21H29N3O3/c1-14(2)23-8-6-17(7-9-23)27-18-4-5-19-15(10-18)11-20-21(26)22(3)12-16(13-25)24(19)20/h4-5,10-11,14,16-17,25H,6-9,12-13H2,1-3H3/t16-/m0/s1. The average Bonchev–Trinajstić information content (AvgIpc) is 3.04. The van der Waals surface area contributed by atoms with E-state index in [-0.39, 0.29) is 24.7 Å². The van der Waals surface area contributed by atoms with Crippen molar-refractivity contribution in [2.24, 2.45) is 0 Å². The number of likely N-dealkylation sites (tertiary alicyclic amines) is 1. The minimum Gasteiger partial charge on any atom is -0.490 e. The lowest BCUT2D eigenvalue weighted by Crippen LogP contribution is -2.41. The van der Waals surface area contributed by atoms with Crippen LogP contribution in [0.3, 0.4) is 0 Å². The molecule has 0 radical (unpaired) electrons. The molecular weight excluding hydrogens is 342 g/mol. The molecular formula is C21H29N3O3. The van der Waals surface area contributed by atoms with Gasteiger partial charge in [0.15, 0.2) is 0 Å². The third-order valence-corrected chi connectivity index (χ3v) is 5.95. The quantitative estimate of drug-likeness (QED) is 0.897. The number of likely N-dealkylation sites (N-methyl/N-ethyl adjacent to an activating group) is 1. The molecule has 2 aliphatic rings. The minimum absolute atomic E-state index is 0.000532. The predicted molar refractivity (Wildman–Crippen MR) is 105 cm³/mol. The van der Waals surface area contributed by atoms with Crippen LogP contribution in [0.5, 0.6) is 5.75 Å². The summed E-state index contributed by atoms with van der Waals surface area (Å²) < 4.78 is 8.22. The Labute approximate surface area is 160 Å². The van der Waals surface area contributed by atoms with Gasteiger partial charge in [-0.3, -0.25) is 4.79 Å². The van der Waals surface area contributed by atoms with Crippen molar-refractivity contribution in [3.63, 3.8) is 0 Å². The molecule has 0 saturated carbocycles. The first-order valence-corrected chi connectivity index (χ1v) is 9.90. The van der Waals surface area contributed by atoms with E-state index < -0.39 is 0 Å². The van der Waals surface area contributed by atoms with Crippen molar-refractivity contribution in [2.45, 2.75) is 44.9 Å². The first-order chi connectivity index (χ1) is 13.0. The highest BCUT2D eigenvalue weighted by molar-refractivity contribution is 5.99. The molecule has 1 amide bonds. The maximum Gasteiger partial charge on any atom is 0.270 e. The zero-order chi connectivity index (χ0) is 19.1. The molecule has 146 valence electrons. The first-order valence-electron chi connectivity index (χ1n) is 9.90. The van der Waals surface area contributed by atoms with Gasteiger partial charge < -0.3 is 24.2 Å². The van der Waals surface area contributed by atoms with Crippen LogP contribution in [0.2, 0.25) is 0 Å². The van der Waals surface area contributed by atoms with Gasteiger partial charge >= 0.3 is 0 Å². The van der Waals surface area contributed by atoms with Crippen LogP contribution in [0.1, 0.15) is 43.2 Å². The average molecular weight is 371 g/mol. The van der Waals surface area contributed by atoms with Gasteiger partial charge in [0, 0.05) is 43.6 Å². The zero-order valence-corrected chi connectivity index (χ0v) is 16.4. The van der Waals surface area contributed by atoms with E-state index in [1.54, 1.807) is 11.9 Å². The van der Waals surface area contributed by atoms with Gasteiger partial charge in [-0.2, -0.15) is 0 Å². The molecule has 0 bridgehead atoms. The molecule has 6 heteroatoms. The number of fused-ring (bicyclic) bond motifs is 3. The molecule has 6 nitrogen and oxygen atoms in total. The molecule has 4 rings (SSSR count). The highest BCUT2D eigenvalue weighted by Crippen LogP contribution is 2.32. The van der Waals surface area contributed by atoms with E-state index in [1.165, 1.54) is 0 Å². The molecule has 27 heavy (non-hydrogen) atoms.